The van der Waals surface area contributed by atoms with Crippen molar-refractivity contribution in [2.75, 3.05) is 6.61 Å². The minimum atomic E-state index is -0.717. The van der Waals surface area contributed by atoms with Gasteiger partial charge in [-0.2, -0.15) is 5.10 Å². The highest BCUT2D eigenvalue weighted by atomic mass is 16.6. The lowest BCUT2D eigenvalue weighted by Crippen LogP contribution is -2.19. The normalized spacial score (nSPS) is 10.6. The molecule has 3 rings (SSSR count). The molecule has 12 nitrogen and oxygen atoms in total. The second-order valence-electron chi connectivity index (χ2n) is 7.23. The number of hydrogen-bond donors (Lipinski definition) is 1. The summed E-state index contributed by atoms with van der Waals surface area (Å²) in [7, 11) is 0. The number of benzene rings is 3. The molecule has 0 saturated carbocycles. The third-order valence-electron chi connectivity index (χ3n) is 4.70. The van der Waals surface area contributed by atoms with Crippen LogP contribution in [0.2, 0.25) is 0 Å². The number of non-ortho nitro benzene ring substituents is 2. The summed E-state index contributed by atoms with van der Waals surface area (Å²) in [5, 5.41) is 25.4. The monoisotopic (exact) mass is 492 g/mol. The first-order chi connectivity index (χ1) is 17.3. The molecule has 184 valence electrons. The van der Waals surface area contributed by atoms with Crippen molar-refractivity contribution in [2.24, 2.45) is 5.10 Å². The van der Waals surface area contributed by atoms with Crippen molar-refractivity contribution in [3.8, 4) is 11.5 Å². The van der Waals surface area contributed by atoms with E-state index < -0.39 is 21.7 Å². The van der Waals surface area contributed by atoms with Crippen molar-refractivity contribution in [1.82, 2.24) is 5.43 Å². The lowest BCUT2D eigenvalue weighted by Gasteiger charge is -2.11. The van der Waals surface area contributed by atoms with E-state index in [9.17, 15) is 29.8 Å². The summed E-state index contributed by atoms with van der Waals surface area (Å²) in [5.41, 5.74) is 3.42. The number of amides is 1. The standard InChI is InChI=1S/C24H20N4O8/c1-2-35-22-13-17(15-25-26-23(29)14-16-3-8-19(9-4-16)27(31)32)5-12-21(22)36-24(30)18-6-10-20(11-7-18)28(33)34/h3-13,15H,2,14H2,1H3,(H,26,29)/b25-15+. The number of nitro groups is 2. The second kappa shape index (κ2) is 11.8. The van der Waals surface area contributed by atoms with Gasteiger partial charge in [0.1, 0.15) is 0 Å². The van der Waals surface area contributed by atoms with Gasteiger partial charge in [0.2, 0.25) is 5.91 Å². The Hall–Kier alpha value is -5.13. The van der Waals surface area contributed by atoms with E-state index in [1.54, 1.807) is 19.1 Å². The number of nitrogens with one attached hydrogen (secondary N) is 1. The molecular weight excluding hydrogens is 472 g/mol. The van der Waals surface area contributed by atoms with Gasteiger partial charge in [0.05, 0.1) is 34.7 Å². The van der Waals surface area contributed by atoms with E-state index in [4.69, 9.17) is 9.47 Å². The third kappa shape index (κ3) is 6.93. The van der Waals surface area contributed by atoms with Crippen LogP contribution in [-0.2, 0) is 11.2 Å². The van der Waals surface area contributed by atoms with Gasteiger partial charge < -0.3 is 9.47 Å². The molecule has 1 N–H and O–H groups in total. The number of nitro benzene ring substituents is 2. The minimum absolute atomic E-state index is 0.0168. The Kier molecular flexibility index (Phi) is 8.38. The fourth-order valence-electron chi connectivity index (χ4n) is 2.97. The summed E-state index contributed by atoms with van der Waals surface area (Å²) < 4.78 is 10.9. The first-order valence-corrected chi connectivity index (χ1v) is 10.6. The molecule has 0 unspecified atom stereocenters. The highest BCUT2D eigenvalue weighted by molar-refractivity contribution is 5.92. The molecule has 1 amide bonds. The van der Waals surface area contributed by atoms with Crippen LogP contribution in [0.1, 0.15) is 28.4 Å². The van der Waals surface area contributed by atoms with Crippen LogP contribution in [0.5, 0.6) is 11.5 Å². The fraction of sp³-hybridized carbons (Fsp3) is 0.125. The number of carbonyl (C=O) groups is 2. The Morgan fingerprint density at radius 1 is 0.917 bits per heavy atom. The fourth-order valence-corrected chi connectivity index (χ4v) is 2.97. The number of esters is 1. The number of nitrogens with zero attached hydrogens (tertiary/aromatic N) is 3. The number of rotatable bonds is 10. The second-order valence-corrected chi connectivity index (χ2v) is 7.23. The predicted octanol–water partition coefficient (Wildman–Crippen LogP) is 3.81. The number of hydrogen-bond acceptors (Lipinski definition) is 9. The molecule has 0 heterocycles. The first kappa shape index (κ1) is 25.5. The average molecular weight is 492 g/mol. The van der Waals surface area contributed by atoms with Crippen LogP contribution in [0.15, 0.2) is 71.8 Å². The topological polar surface area (TPSA) is 163 Å². The summed E-state index contributed by atoms with van der Waals surface area (Å²) >= 11 is 0. The quantitative estimate of drug-likeness (QED) is 0.147. The molecule has 3 aromatic carbocycles. The molecule has 12 heteroatoms. The molecule has 0 aliphatic carbocycles. The van der Waals surface area contributed by atoms with Crippen LogP contribution in [0, 0.1) is 20.2 Å². The van der Waals surface area contributed by atoms with Gasteiger partial charge in [-0.05, 0) is 48.4 Å². The van der Waals surface area contributed by atoms with Crippen LogP contribution in [0.4, 0.5) is 11.4 Å². The largest absolute Gasteiger partial charge is 0.490 e. The van der Waals surface area contributed by atoms with Gasteiger partial charge in [-0.15, -0.1) is 0 Å². The molecular formula is C24H20N4O8. The number of ether oxygens (including phenoxy) is 2. The molecule has 0 spiro atoms. The summed E-state index contributed by atoms with van der Waals surface area (Å²) in [5.74, 6) is -0.738. The summed E-state index contributed by atoms with van der Waals surface area (Å²) in [6, 6.07) is 15.3. The molecule has 0 aliphatic rings. The van der Waals surface area contributed by atoms with Crippen molar-refractivity contribution >= 4 is 29.5 Å². The zero-order valence-corrected chi connectivity index (χ0v) is 19.0. The van der Waals surface area contributed by atoms with Crippen LogP contribution < -0.4 is 14.9 Å². The molecule has 0 aliphatic heterocycles. The highest BCUT2D eigenvalue weighted by Crippen LogP contribution is 2.29. The first-order valence-electron chi connectivity index (χ1n) is 10.6. The maximum absolute atomic E-state index is 12.4. The molecule has 0 bridgehead atoms. The van der Waals surface area contributed by atoms with Crippen LogP contribution >= 0.6 is 0 Å². The third-order valence-corrected chi connectivity index (χ3v) is 4.70. The van der Waals surface area contributed by atoms with E-state index in [0.717, 1.165) is 0 Å². The number of hydrazone groups is 1. The molecule has 0 atom stereocenters. The summed E-state index contributed by atoms with van der Waals surface area (Å²) in [4.78, 5) is 44.9. The summed E-state index contributed by atoms with van der Waals surface area (Å²) in [6.45, 7) is 2.04. The van der Waals surface area contributed by atoms with Crippen molar-refractivity contribution in [3.05, 3.63) is 104 Å². The van der Waals surface area contributed by atoms with Crippen molar-refractivity contribution in [1.29, 1.82) is 0 Å². The van der Waals surface area contributed by atoms with Gasteiger partial charge in [-0.3, -0.25) is 25.0 Å². The van der Waals surface area contributed by atoms with Crippen LogP contribution in [0.25, 0.3) is 0 Å². The SMILES string of the molecule is CCOc1cc(/C=N/NC(=O)Cc2ccc([N+](=O)[O-])cc2)ccc1OC(=O)c1ccc([N+](=O)[O-])cc1. The maximum atomic E-state index is 12.4. The average Bonchev–Trinajstić information content (AvgIpc) is 2.86. The van der Waals surface area contributed by atoms with Crippen LogP contribution in [0.3, 0.4) is 0 Å². The minimum Gasteiger partial charge on any atom is -0.490 e. The maximum Gasteiger partial charge on any atom is 0.343 e. The molecule has 0 saturated heterocycles. The Morgan fingerprint density at radius 3 is 2.11 bits per heavy atom. The number of carbonyl (C=O) groups excluding carboxylic acids is 2. The van der Waals surface area contributed by atoms with E-state index in [2.05, 4.69) is 10.5 Å². The molecule has 36 heavy (non-hydrogen) atoms. The zero-order valence-electron chi connectivity index (χ0n) is 19.0. The molecule has 3 aromatic rings. The molecule has 0 fully saturated rings. The Bertz CT molecular complexity index is 1300. The van der Waals surface area contributed by atoms with Gasteiger partial charge in [0.25, 0.3) is 11.4 Å². The van der Waals surface area contributed by atoms with Crippen molar-refractivity contribution < 1.29 is 28.9 Å². The Labute approximate surface area is 204 Å². The Morgan fingerprint density at radius 2 is 1.53 bits per heavy atom. The van der Waals surface area contributed by atoms with Crippen molar-refractivity contribution in [2.45, 2.75) is 13.3 Å². The Balaban J connectivity index is 1.63. The van der Waals surface area contributed by atoms with E-state index in [-0.39, 0.29) is 41.5 Å². The van der Waals surface area contributed by atoms with Crippen LogP contribution in [-0.4, -0.2) is 34.5 Å². The zero-order chi connectivity index (χ0) is 26.1. The van der Waals surface area contributed by atoms with Gasteiger partial charge >= 0.3 is 5.97 Å². The highest BCUT2D eigenvalue weighted by Gasteiger charge is 2.15. The molecule has 0 radical (unpaired) electrons. The van der Waals surface area contributed by atoms with Gasteiger partial charge in [0.15, 0.2) is 11.5 Å². The van der Waals surface area contributed by atoms with E-state index in [1.165, 1.54) is 60.8 Å². The van der Waals surface area contributed by atoms with E-state index >= 15 is 0 Å². The van der Waals surface area contributed by atoms with E-state index in [0.29, 0.717) is 11.1 Å². The van der Waals surface area contributed by atoms with Crippen molar-refractivity contribution in [3.63, 3.8) is 0 Å². The lowest BCUT2D eigenvalue weighted by molar-refractivity contribution is -0.385. The molecule has 0 aromatic heterocycles. The van der Waals surface area contributed by atoms with Gasteiger partial charge in [-0.1, -0.05) is 12.1 Å². The predicted molar refractivity (Wildman–Crippen MR) is 128 cm³/mol. The summed E-state index contributed by atoms with van der Waals surface area (Å²) in [6.07, 6.45) is 1.36. The van der Waals surface area contributed by atoms with E-state index in [1.807, 2.05) is 0 Å². The van der Waals surface area contributed by atoms with Gasteiger partial charge in [0, 0.05) is 24.3 Å². The van der Waals surface area contributed by atoms with Gasteiger partial charge in [-0.25, -0.2) is 10.2 Å². The smallest absolute Gasteiger partial charge is 0.343 e. The lowest BCUT2D eigenvalue weighted by atomic mass is 10.1.